The van der Waals surface area contributed by atoms with E-state index in [1.807, 2.05) is 0 Å². The molecular weight excluding hydrogens is 332 g/mol. The van der Waals surface area contributed by atoms with Gasteiger partial charge >= 0.3 is 37.7 Å². The normalized spacial score (nSPS) is 13.3. The van der Waals surface area contributed by atoms with Gasteiger partial charge in [-0.3, -0.25) is 0 Å². The van der Waals surface area contributed by atoms with Gasteiger partial charge in [-0.1, -0.05) is 85.0 Å². The molecule has 0 aliphatic heterocycles. The van der Waals surface area contributed by atoms with Crippen LogP contribution in [0.2, 0.25) is 0 Å². The van der Waals surface area contributed by atoms with Crippen molar-refractivity contribution < 1.29 is 19.8 Å². The van der Waals surface area contributed by atoms with Gasteiger partial charge in [0, 0.05) is 5.92 Å². The van der Waals surface area contributed by atoms with Gasteiger partial charge in [-0.15, -0.1) is 0 Å². The van der Waals surface area contributed by atoms with Crippen molar-refractivity contribution in [3.8, 4) is 0 Å². The summed E-state index contributed by atoms with van der Waals surface area (Å²) in [5.41, 5.74) is 0. The molecule has 0 radical (unpaired) electrons. The zero-order valence-electron chi connectivity index (χ0n) is 15.9. The molecule has 0 aromatic heterocycles. The van der Waals surface area contributed by atoms with Crippen LogP contribution in [0.15, 0.2) is 0 Å². The van der Waals surface area contributed by atoms with E-state index >= 15 is 0 Å². The second-order valence-corrected chi connectivity index (χ2v) is 6.70. The molecule has 0 fully saturated rings. The fourth-order valence-electron chi connectivity index (χ4n) is 3.40. The Kier molecular flexibility index (Phi) is 18.3. The van der Waals surface area contributed by atoms with Crippen LogP contribution in [-0.2, 0) is 9.59 Å². The molecule has 0 aliphatic rings. The van der Waals surface area contributed by atoms with Crippen LogP contribution in [0.5, 0.6) is 0 Å². The molecule has 2 unspecified atom stereocenters. The zero-order chi connectivity index (χ0) is 17.7. The van der Waals surface area contributed by atoms with Crippen molar-refractivity contribution in [3.63, 3.8) is 0 Å². The van der Waals surface area contributed by atoms with Gasteiger partial charge in [0.25, 0.3) is 0 Å². The zero-order valence-corrected chi connectivity index (χ0v) is 18.1. The van der Waals surface area contributed by atoms with Crippen LogP contribution in [0.4, 0.5) is 0 Å². The molecule has 24 heavy (non-hydrogen) atoms. The quantitative estimate of drug-likeness (QED) is 0.253. The minimum atomic E-state index is -1.51. The number of carbonyl (C=O) groups is 2. The Bertz CT molecular complexity index is 319. The van der Waals surface area contributed by atoms with Gasteiger partial charge in [-0.05, 0) is 18.3 Å². The SMILES string of the molecule is CCCCCCC(CC(C(=O)[O-])C(=O)[O-])C(CC)CCCCC.[Ca+2]. The van der Waals surface area contributed by atoms with Gasteiger partial charge < -0.3 is 19.8 Å². The fourth-order valence-corrected chi connectivity index (χ4v) is 3.40. The first kappa shape index (κ1) is 26.4. The van der Waals surface area contributed by atoms with Gasteiger partial charge in [0.1, 0.15) is 0 Å². The molecule has 0 aliphatic carbocycles. The average molecular weight is 367 g/mol. The number of hydrogen-bond acceptors (Lipinski definition) is 4. The molecule has 4 nitrogen and oxygen atoms in total. The summed E-state index contributed by atoms with van der Waals surface area (Å²) < 4.78 is 0. The standard InChI is InChI=1S/C19H36O4.Ca/c1-4-7-9-11-13-16(14-17(18(20)21)19(22)23)15(6-3)12-10-8-5-2;/h15-17H,4-14H2,1-3H3,(H,20,21)(H,22,23);/q;+2/p-2. The van der Waals surface area contributed by atoms with Crippen LogP contribution in [0.25, 0.3) is 0 Å². The Balaban J connectivity index is 0. The molecule has 0 aromatic rings. The predicted molar refractivity (Wildman–Crippen MR) is 94.0 cm³/mol. The summed E-state index contributed by atoms with van der Waals surface area (Å²) in [6, 6.07) is 0. The van der Waals surface area contributed by atoms with Crippen LogP contribution in [-0.4, -0.2) is 49.7 Å². The summed E-state index contributed by atoms with van der Waals surface area (Å²) in [7, 11) is 0. The molecule has 0 spiro atoms. The maximum Gasteiger partial charge on any atom is 2.00 e. The van der Waals surface area contributed by atoms with Crippen molar-refractivity contribution in [1.29, 1.82) is 0 Å². The summed E-state index contributed by atoms with van der Waals surface area (Å²) >= 11 is 0. The van der Waals surface area contributed by atoms with E-state index in [0.29, 0.717) is 5.92 Å². The molecule has 0 heterocycles. The van der Waals surface area contributed by atoms with E-state index in [1.165, 1.54) is 12.8 Å². The Morgan fingerprint density at radius 1 is 0.750 bits per heavy atom. The van der Waals surface area contributed by atoms with Crippen molar-refractivity contribution in [2.24, 2.45) is 17.8 Å². The van der Waals surface area contributed by atoms with Crippen molar-refractivity contribution in [1.82, 2.24) is 0 Å². The summed E-state index contributed by atoms with van der Waals surface area (Å²) in [5, 5.41) is 22.2. The van der Waals surface area contributed by atoms with E-state index < -0.39 is 17.9 Å². The first-order chi connectivity index (χ1) is 11.0. The van der Waals surface area contributed by atoms with Crippen molar-refractivity contribution >= 4 is 49.7 Å². The maximum absolute atomic E-state index is 11.1. The Morgan fingerprint density at radius 2 is 1.21 bits per heavy atom. The number of carbonyl (C=O) groups excluding carboxylic acids is 2. The molecule has 0 saturated carbocycles. The van der Waals surface area contributed by atoms with E-state index in [9.17, 15) is 19.8 Å². The van der Waals surface area contributed by atoms with Crippen LogP contribution in [0, 0.1) is 17.8 Å². The van der Waals surface area contributed by atoms with Crippen molar-refractivity contribution in [3.05, 3.63) is 0 Å². The molecule has 0 N–H and O–H groups in total. The third kappa shape index (κ3) is 11.7. The summed E-state index contributed by atoms with van der Waals surface area (Å²) in [6.45, 7) is 6.42. The molecule has 2 atom stereocenters. The van der Waals surface area contributed by atoms with Crippen LogP contribution >= 0.6 is 0 Å². The fraction of sp³-hybridized carbons (Fsp3) is 0.895. The van der Waals surface area contributed by atoms with Gasteiger partial charge in [-0.25, -0.2) is 0 Å². The number of aliphatic carboxylic acids is 2. The Morgan fingerprint density at radius 3 is 1.67 bits per heavy atom. The smallest absolute Gasteiger partial charge is 0.549 e. The van der Waals surface area contributed by atoms with E-state index in [-0.39, 0.29) is 50.1 Å². The number of carboxylic acid groups (broad SMARTS) is 2. The van der Waals surface area contributed by atoms with Crippen LogP contribution in [0.1, 0.15) is 91.4 Å². The molecule has 0 bridgehead atoms. The Hall–Kier alpha value is 0.200. The predicted octanol–water partition coefficient (Wildman–Crippen LogP) is 2.30. The molecule has 0 saturated heterocycles. The summed E-state index contributed by atoms with van der Waals surface area (Å²) in [5.74, 6) is -3.97. The first-order valence-electron chi connectivity index (χ1n) is 9.39. The molecule has 5 heteroatoms. The van der Waals surface area contributed by atoms with Gasteiger partial charge in [0.2, 0.25) is 0 Å². The minimum Gasteiger partial charge on any atom is -0.549 e. The topological polar surface area (TPSA) is 80.3 Å². The van der Waals surface area contributed by atoms with Crippen molar-refractivity contribution in [2.45, 2.75) is 91.4 Å². The second-order valence-electron chi connectivity index (χ2n) is 6.70. The molecule has 0 rings (SSSR count). The third-order valence-corrected chi connectivity index (χ3v) is 4.91. The average Bonchev–Trinajstić information content (AvgIpc) is 2.51. The molecule has 0 aromatic carbocycles. The van der Waals surface area contributed by atoms with E-state index in [1.54, 1.807) is 0 Å². The van der Waals surface area contributed by atoms with Crippen molar-refractivity contribution in [2.75, 3.05) is 0 Å². The minimum absolute atomic E-state index is 0. The Labute approximate surface area is 177 Å². The third-order valence-electron chi connectivity index (χ3n) is 4.91. The van der Waals surface area contributed by atoms with E-state index in [4.69, 9.17) is 0 Å². The molecule has 136 valence electrons. The molecular formula is C19H34CaO4. The number of hydrogen-bond donors (Lipinski definition) is 0. The van der Waals surface area contributed by atoms with Gasteiger partial charge in [0.15, 0.2) is 0 Å². The van der Waals surface area contributed by atoms with Gasteiger partial charge in [0.05, 0.1) is 11.9 Å². The first-order valence-corrected chi connectivity index (χ1v) is 9.39. The molecule has 0 amide bonds. The monoisotopic (exact) mass is 366 g/mol. The number of rotatable bonds is 15. The summed E-state index contributed by atoms with van der Waals surface area (Å²) in [6.07, 6.45) is 11.0. The number of unbranched alkanes of at least 4 members (excludes halogenated alkanes) is 5. The van der Waals surface area contributed by atoms with Gasteiger partial charge in [-0.2, -0.15) is 0 Å². The maximum atomic E-state index is 11.1. The largest absolute Gasteiger partial charge is 2.00 e. The van der Waals surface area contributed by atoms with E-state index in [2.05, 4.69) is 20.8 Å². The van der Waals surface area contributed by atoms with E-state index in [0.717, 1.165) is 51.4 Å². The number of carboxylic acids is 2. The summed E-state index contributed by atoms with van der Waals surface area (Å²) in [4.78, 5) is 22.2. The van der Waals surface area contributed by atoms with Crippen LogP contribution in [0.3, 0.4) is 0 Å². The van der Waals surface area contributed by atoms with Crippen LogP contribution < -0.4 is 10.2 Å². The second kappa shape index (κ2) is 16.7.